The quantitative estimate of drug-likeness (QED) is 0.517. The van der Waals surface area contributed by atoms with E-state index in [1.807, 2.05) is 12.4 Å². The monoisotopic (exact) mass is 223 g/mol. The molecule has 1 fully saturated rings. The highest BCUT2D eigenvalue weighted by atomic mass is 35.5. The standard InChI is InChI=1S/C13H18ClN/c1-10-6-12(9-15-8-10)11-4-2-3-5-13(14)7-11/h6,8-9,11,13H,2-5,7H2,1H3. The van der Waals surface area contributed by atoms with Crippen LogP contribution in [0.2, 0.25) is 0 Å². The van der Waals surface area contributed by atoms with E-state index in [2.05, 4.69) is 18.0 Å². The molecule has 0 saturated heterocycles. The van der Waals surface area contributed by atoms with Crippen molar-refractivity contribution >= 4 is 11.6 Å². The third kappa shape index (κ3) is 2.94. The second kappa shape index (κ2) is 4.98. The maximum absolute atomic E-state index is 6.29. The van der Waals surface area contributed by atoms with E-state index in [-0.39, 0.29) is 0 Å². The molecule has 2 rings (SSSR count). The van der Waals surface area contributed by atoms with Crippen molar-refractivity contribution in [3.8, 4) is 0 Å². The molecule has 0 spiro atoms. The minimum Gasteiger partial charge on any atom is -0.264 e. The Labute approximate surface area is 96.9 Å². The van der Waals surface area contributed by atoms with Crippen molar-refractivity contribution in [3.05, 3.63) is 29.6 Å². The molecule has 1 aliphatic carbocycles. The summed E-state index contributed by atoms with van der Waals surface area (Å²) in [5.41, 5.74) is 2.63. The van der Waals surface area contributed by atoms with Gasteiger partial charge in [-0.1, -0.05) is 18.9 Å². The molecule has 2 atom stereocenters. The van der Waals surface area contributed by atoms with Crippen molar-refractivity contribution in [2.75, 3.05) is 0 Å². The third-order valence-electron chi connectivity index (χ3n) is 3.23. The summed E-state index contributed by atoms with van der Waals surface area (Å²) in [6, 6.07) is 2.26. The van der Waals surface area contributed by atoms with Gasteiger partial charge in [0.25, 0.3) is 0 Å². The van der Waals surface area contributed by atoms with Gasteiger partial charge in [-0.15, -0.1) is 11.6 Å². The fourth-order valence-corrected chi connectivity index (χ4v) is 2.77. The number of aromatic nitrogens is 1. The van der Waals surface area contributed by atoms with Crippen molar-refractivity contribution in [1.82, 2.24) is 4.98 Å². The largest absolute Gasteiger partial charge is 0.264 e. The first-order chi connectivity index (χ1) is 7.25. The van der Waals surface area contributed by atoms with Crippen LogP contribution < -0.4 is 0 Å². The molecule has 2 unspecified atom stereocenters. The normalized spacial score (nSPS) is 27.3. The van der Waals surface area contributed by atoms with Crippen LogP contribution in [0.4, 0.5) is 0 Å². The summed E-state index contributed by atoms with van der Waals surface area (Å²) < 4.78 is 0. The average molecular weight is 224 g/mol. The van der Waals surface area contributed by atoms with Crippen molar-refractivity contribution in [2.45, 2.75) is 50.3 Å². The van der Waals surface area contributed by atoms with E-state index in [1.165, 1.54) is 36.8 Å². The van der Waals surface area contributed by atoms with E-state index in [0.29, 0.717) is 11.3 Å². The van der Waals surface area contributed by atoms with Crippen LogP contribution >= 0.6 is 11.6 Å². The SMILES string of the molecule is Cc1cncc(C2CCCCC(Cl)C2)c1. The van der Waals surface area contributed by atoms with Gasteiger partial charge < -0.3 is 0 Å². The van der Waals surface area contributed by atoms with Crippen LogP contribution in [0.1, 0.15) is 49.1 Å². The molecule has 0 aliphatic heterocycles. The Balaban J connectivity index is 2.14. The molecule has 0 amide bonds. The zero-order valence-electron chi connectivity index (χ0n) is 9.25. The van der Waals surface area contributed by atoms with Crippen LogP contribution in [0.5, 0.6) is 0 Å². The smallest absolute Gasteiger partial charge is 0.0341 e. The van der Waals surface area contributed by atoms with Crippen molar-refractivity contribution in [2.24, 2.45) is 0 Å². The number of pyridine rings is 1. The average Bonchev–Trinajstić information content (AvgIpc) is 2.43. The van der Waals surface area contributed by atoms with Gasteiger partial charge in [-0.05, 0) is 43.2 Å². The van der Waals surface area contributed by atoms with E-state index < -0.39 is 0 Å². The van der Waals surface area contributed by atoms with Gasteiger partial charge >= 0.3 is 0 Å². The number of alkyl halides is 1. The summed E-state index contributed by atoms with van der Waals surface area (Å²) in [5, 5.41) is 0.359. The lowest BCUT2D eigenvalue weighted by Gasteiger charge is -2.16. The summed E-state index contributed by atoms with van der Waals surface area (Å²) in [6.45, 7) is 2.10. The zero-order chi connectivity index (χ0) is 10.7. The predicted molar refractivity (Wildman–Crippen MR) is 64.4 cm³/mol. The summed E-state index contributed by atoms with van der Waals surface area (Å²) >= 11 is 6.29. The molecule has 1 aromatic heterocycles. The van der Waals surface area contributed by atoms with Crippen molar-refractivity contribution < 1.29 is 0 Å². The molecule has 0 N–H and O–H groups in total. The Kier molecular flexibility index (Phi) is 3.63. The Hall–Kier alpha value is -0.560. The summed E-state index contributed by atoms with van der Waals surface area (Å²) in [6.07, 6.45) is 10.1. The molecule has 1 heterocycles. The lowest BCUT2D eigenvalue weighted by molar-refractivity contribution is 0.593. The first kappa shape index (κ1) is 10.9. The second-order valence-electron chi connectivity index (χ2n) is 4.61. The van der Waals surface area contributed by atoms with Gasteiger partial charge in [-0.25, -0.2) is 0 Å². The fraction of sp³-hybridized carbons (Fsp3) is 0.615. The number of halogens is 1. The maximum atomic E-state index is 6.29. The molecule has 82 valence electrons. The van der Waals surface area contributed by atoms with Crippen molar-refractivity contribution in [1.29, 1.82) is 0 Å². The second-order valence-corrected chi connectivity index (χ2v) is 5.23. The first-order valence-electron chi connectivity index (χ1n) is 5.81. The third-order valence-corrected chi connectivity index (χ3v) is 3.62. The number of aryl methyl sites for hydroxylation is 1. The molecule has 15 heavy (non-hydrogen) atoms. The van der Waals surface area contributed by atoms with Gasteiger partial charge in [0.2, 0.25) is 0 Å². The van der Waals surface area contributed by atoms with Gasteiger partial charge in [0.05, 0.1) is 0 Å². The number of rotatable bonds is 1. The summed E-state index contributed by atoms with van der Waals surface area (Å²) in [7, 11) is 0. The fourth-order valence-electron chi connectivity index (χ4n) is 2.41. The molecule has 0 aromatic carbocycles. The Morgan fingerprint density at radius 3 is 2.87 bits per heavy atom. The maximum Gasteiger partial charge on any atom is 0.0341 e. The van der Waals surface area contributed by atoms with E-state index in [0.717, 1.165) is 6.42 Å². The Morgan fingerprint density at radius 2 is 2.07 bits per heavy atom. The van der Waals surface area contributed by atoms with E-state index in [4.69, 9.17) is 11.6 Å². The highest BCUT2D eigenvalue weighted by molar-refractivity contribution is 6.20. The van der Waals surface area contributed by atoms with Crippen LogP contribution in [0, 0.1) is 6.92 Å². The molecule has 0 radical (unpaired) electrons. The van der Waals surface area contributed by atoms with Crippen LogP contribution in [-0.2, 0) is 0 Å². The lowest BCUT2D eigenvalue weighted by atomic mass is 9.92. The molecular weight excluding hydrogens is 206 g/mol. The van der Waals surface area contributed by atoms with Gasteiger partial charge in [0, 0.05) is 17.8 Å². The molecule has 1 nitrogen and oxygen atoms in total. The molecule has 1 saturated carbocycles. The summed E-state index contributed by atoms with van der Waals surface area (Å²) in [5.74, 6) is 0.627. The molecule has 0 bridgehead atoms. The van der Waals surface area contributed by atoms with Gasteiger partial charge in [0.15, 0.2) is 0 Å². The number of hydrogen-bond acceptors (Lipinski definition) is 1. The highest BCUT2D eigenvalue weighted by Crippen LogP contribution is 2.33. The van der Waals surface area contributed by atoms with Crippen LogP contribution in [0.25, 0.3) is 0 Å². The van der Waals surface area contributed by atoms with Crippen molar-refractivity contribution in [3.63, 3.8) is 0 Å². The van der Waals surface area contributed by atoms with Crippen LogP contribution in [0.3, 0.4) is 0 Å². The molecule has 1 aliphatic rings. The minimum atomic E-state index is 0.359. The Bertz CT molecular complexity index is 324. The van der Waals surface area contributed by atoms with E-state index in [9.17, 15) is 0 Å². The number of hydrogen-bond donors (Lipinski definition) is 0. The zero-order valence-corrected chi connectivity index (χ0v) is 10.0. The van der Waals surface area contributed by atoms with E-state index >= 15 is 0 Å². The highest BCUT2D eigenvalue weighted by Gasteiger charge is 2.20. The predicted octanol–water partition coefficient (Wildman–Crippen LogP) is 4.05. The minimum absolute atomic E-state index is 0.359. The van der Waals surface area contributed by atoms with Crippen LogP contribution in [-0.4, -0.2) is 10.4 Å². The molecule has 1 aromatic rings. The number of nitrogens with zero attached hydrogens (tertiary/aromatic N) is 1. The first-order valence-corrected chi connectivity index (χ1v) is 6.25. The Morgan fingerprint density at radius 1 is 1.27 bits per heavy atom. The van der Waals surface area contributed by atoms with Gasteiger partial charge in [0.1, 0.15) is 0 Å². The van der Waals surface area contributed by atoms with E-state index in [1.54, 1.807) is 0 Å². The topological polar surface area (TPSA) is 12.9 Å². The van der Waals surface area contributed by atoms with Crippen LogP contribution in [0.15, 0.2) is 18.5 Å². The molecular formula is C13H18ClN. The van der Waals surface area contributed by atoms with Gasteiger partial charge in [-0.2, -0.15) is 0 Å². The molecule has 2 heteroatoms. The van der Waals surface area contributed by atoms with Gasteiger partial charge in [-0.3, -0.25) is 4.98 Å². The summed E-state index contributed by atoms with van der Waals surface area (Å²) in [4.78, 5) is 4.27. The lowest BCUT2D eigenvalue weighted by Crippen LogP contribution is -2.04.